The van der Waals surface area contributed by atoms with E-state index in [-0.39, 0.29) is 13.0 Å². The second kappa shape index (κ2) is 42.5. The number of aliphatic hydroxyl groups excluding tert-OH is 5. The molecule has 1 rings (SSSR count). The summed E-state index contributed by atoms with van der Waals surface area (Å²) in [4.78, 5) is 26.3. The number of carbonyl (C=O) groups is 2. The molecule has 1 saturated heterocycles. The number of carbonyl (C=O) groups excluding carboxylic acids is 2. The standard InChI is InChI=1S/C53H99NO10/c1-4-7-10-13-16-19-22-24-26-29-32-35-38-41-48(58)64-51-50(60)49(59)47(42-55)63-53(51)62-43-44(45(56)39-36-33-30-28-25-23-20-17-14-11-8-5-2)54-52(61)46(57)40-37-34-31-27-21-18-15-12-9-6-3/h24,26,36,39,44-47,49-51,53,55-57,59-60H,4-23,25,27-35,37-38,40-43H2,1-3H3,(H,54,61)/b26-24-,39-36+. The Morgan fingerprint density at radius 2 is 1.03 bits per heavy atom. The Labute approximate surface area is 391 Å². The van der Waals surface area contributed by atoms with E-state index in [0.717, 1.165) is 64.2 Å². The molecule has 6 N–H and O–H groups in total. The fourth-order valence-corrected chi connectivity index (χ4v) is 8.29. The summed E-state index contributed by atoms with van der Waals surface area (Å²) in [6.07, 6.45) is 35.2. The summed E-state index contributed by atoms with van der Waals surface area (Å²) in [5.41, 5.74) is 0. The molecular weight excluding hydrogens is 811 g/mol. The fraction of sp³-hybridized carbons (Fsp3) is 0.887. The van der Waals surface area contributed by atoms with Gasteiger partial charge in [0.15, 0.2) is 12.4 Å². The number of esters is 1. The second-order valence-electron chi connectivity index (χ2n) is 18.6. The van der Waals surface area contributed by atoms with Crippen molar-refractivity contribution < 1.29 is 49.3 Å². The molecule has 8 unspecified atom stereocenters. The number of ether oxygens (including phenoxy) is 3. The number of amides is 1. The molecule has 0 radical (unpaired) electrons. The fourth-order valence-electron chi connectivity index (χ4n) is 8.29. The van der Waals surface area contributed by atoms with Gasteiger partial charge in [-0.25, -0.2) is 0 Å². The van der Waals surface area contributed by atoms with Crippen LogP contribution in [0.2, 0.25) is 0 Å². The highest BCUT2D eigenvalue weighted by Gasteiger charge is 2.47. The Bertz CT molecular complexity index is 1140. The van der Waals surface area contributed by atoms with Crippen LogP contribution >= 0.6 is 0 Å². The van der Waals surface area contributed by atoms with E-state index in [4.69, 9.17) is 14.2 Å². The zero-order chi connectivity index (χ0) is 46.9. The van der Waals surface area contributed by atoms with Gasteiger partial charge in [0.05, 0.1) is 25.4 Å². The first-order chi connectivity index (χ1) is 31.2. The molecule has 1 aliphatic heterocycles. The topological polar surface area (TPSA) is 175 Å². The van der Waals surface area contributed by atoms with Crippen LogP contribution in [0.3, 0.4) is 0 Å². The predicted octanol–water partition coefficient (Wildman–Crippen LogP) is 11.0. The van der Waals surface area contributed by atoms with Crippen LogP contribution in [-0.4, -0.2) is 99.6 Å². The molecule has 0 aromatic rings. The molecule has 0 aliphatic carbocycles. The molecule has 0 aromatic carbocycles. The Morgan fingerprint density at radius 3 is 1.52 bits per heavy atom. The molecule has 64 heavy (non-hydrogen) atoms. The van der Waals surface area contributed by atoms with Crippen LogP contribution < -0.4 is 5.32 Å². The maximum atomic E-state index is 13.3. The van der Waals surface area contributed by atoms with Gasteiger partial charge in [-0.3, -0.25) is 9.59 Å². The third kappa shape index (κ3) is 31.2. The molecule has 11 nitrogen and oxygen atoms in total. The Kier molecular flexibility index (Phi) is 39.9. The van der Waals surface area contributed by atoms with Crippen LogP contribution in [-0.2, 0) is 23.8 Å². The summed E-state index contributed by atoms with van der Waals surface area (Å²) in [6, 6.07) is -1.02. The van der Waals surface area contributed by atoms with E-state index < -0.39 is 67.4 Å². The number of hydrogen-bond donors (Lipinski definition) is 6. The molecule has 1 aliphatic rings. The van der Waals surface area contributed by atoms with Crippen LogP contribution in [0.1, 0.15) is 239 Å². The molecular formula is C53H99NO10. The first kappa shape index (κ1) is 60.2. The lowest BCUT2D eigenvalue weighted by Gasteiger charge is -2.41. The number of nitrogens with one attached hydrogen (secondary N) is 1. The SMILES string of the molecule is CCCCCCCC/C=C\CCCCCC(=O)OC1C(OCC(NC(=O)C(O)CCCCCCCCCCCC)C(O)/C=C/CCCCCCCCCCCC)OC(CO)C(O)C1O. The normalized spacial score (nSPS) is 20.5. The minimum absolute atomic E-state index is 0.106. The van der Waals surface area contributed by atoms with E-state index in [2.05, 4.69) is 38.2 Å². The van der Waals surface area contributed by atoms with E-state index in [9.17, 15) is 35.1 Å². The first-order valence-electron chi connectivity index (χ1n) is 26.6. The molecule has 0 spiro atoms. The van der Waals surface area contributed by atoms with Crippen molar-refractivity contribution in [1.29, 1.82) is 0 Å². The van der Waals surface area contributed by atoms with Gasteiger partial charge in [-0.05, 0) is 51.4 Å². The number of allylic oxidation sites excluding steroid dienone is 3. The minimum Gasteiger partial charge on any atom is -0.454 e. The van der Waals surface area contributed by atoms with E-state index in [0.29, 0.717) is 19.3 Å². The van der Waals surface area contributed by atoms with Crippen molar-refractivity contribution >= 4 is 11.9 Å². The van der Waals surface area contributed by atoms with E-state index in [1.807, 2.05) is 6.08 Å². The number of rotatable bonds is 44. The maximum absolute atomic E-state index is 13.3. The van der Waals surface area contributed by atoms with Gasteiger partial charge < -0.3 is 45.1 Å². The van der Waals surface area contributed by atoms with Crippen molar-refractivity contribution in [3.8, 4) is 0 Å². The van der Waals surface area contributed by atoms with Gasteiger partial charge in [-0.15, -0.1) is 0 Å². The van der Waals surface area contributed by atoms with Crippen molar-refractivity contribution in [2.75, 3.05) is 13.2 Å². The number of unbranched alkanes of at least 4 members (excludes halogenated alkanes) is 28. The van der Waals surface area contributed by atoms with Crippen molar-refractivity contribution in [1.82, 2.24) is 5.32 Å². The highest BCUT2D eigenvalue weighted by molar-refractivity contribution is 5.80. The van der Waals surface area contributed by atoms with Crippen LogP contribution in [0.25, 0.3) is 0 Å². The third-order valence-electron chi connectivity index (χ3n) is 12.6. The van der Waals surface area contributed by atoms with Crippen molar-refractivity contribution in [3.05, 3.63) is 24.3 Å². The molecule has 0 bridgehead atoms. The van der Waals surface area contributed by atoms with Gasteiger partial charge >= 0.3 is 5.97 Å². The zero-order valence-corrected chi connectivity index (χ0v) is 41.2. The van der Waals surface area contributed by atoms with Gasteiger partial charge in [0.25, 0.3) is 0 Å². The molecule has 1 heterocycles. The van der Waals surface area contributed by atoms with Crippen molar-refractivity contribution in [3.63, 3.8) is 0 Å². The van der Waals surface area contributed by atoms with Gasteiger partial charge in [-0.1, -0.05) is 206 Å². The summed E-state index contributed by atoms with van der Waals surface area (Å²) >= 11 is 0. The average molecular weight is 910 g/mol. The van der Waals surface area contributed by atoms with E-state index in [1.54, 1.807) is 6.08 Å². The van der Waals surface area contributed by atoms with Crippen LogP contribution in [0.15, 0.2) is 24.3 Å². The summed E-state index contributed by atoms with van der Waals surface area (Å²) < 4.78 is 17.5. The molecule has 1 amide bonds. The van der Waals surface area contributed by atoms with E-state index in [1.165, 1.54) is 128 Å². The quantitative estimate of drug-likeness (QED) is 0.0196. The molecule has 0 saturated carbocycles. The lowest BCUT2D eigenvalue weighted by molar-refractivity contribution is -0.305. The van der Waals surface area contributed by atoms with Crippen molar-refractivity contribution in [2.24, 2.45) is 0 Å². The largest absolute Gasteiger partial charge is 0.454 e. The predicted molar refractivity (Wildman–Crippen MR) is 260 cm³/mol. The summed E-state index contributed by atoms with van der Waals surface area (Å²) in [5, 5.41) is 56.5. The van der Waals surface area contributed by atoms with Crippen molar-refractivity contribution in [2.45, 2.75) is 288 Å². The lowest BCUT2D eigenvalue weighted by atomic mass is 9.99. The summed E-state index contributed by atoms with van der Waals surface area (Å²) in [6.45, 7) is 5.73. The Balaban J connectivity index is 2.78. The van der Waals surface area contributed by atoms with Crippen LogP contribution in [0.5, 0.6) is 0 Å². The number of aliphatic hydroxyl groups is 5. The highest BCUT2D eigenvalue weighted by atomic mass is 16.7. The Morgan fingerprint density at radius 1 is 0.594 bits per heavy atom. The van der Waals surface area contributed by atoms with Gasteiger partial charge in [0.2, 0.25) is 5.91 Å². The smallest absolute Gasteiger partial charge is 0.306 e. The molecule has 11 heteroatoms. The lowest BCUT2D eigenvalue weighted by Crippen LogP contribution is -2.61. The first-order valence-corrected chi connectivity index (χ1v) is 26.6. The Hall–Kier alpha value is -1.86. The second-order valence-corrected chi connectivity index (χ2v) is 18.6. The van der Waals surface area contributed by atoms with Gasteiger partial charge in [0.1, 0.15) is 24.4 Å². The number of hydrogen-bond acceptors (Lipinski definition) is 10. The van der Waals surface area contributed by atoms with Crippen LogP contribution in [0.4, 0.5) is 0 Å². The summed E-state index contributed by atoms with van der Waals surface area (Å²) in [5.74, 6) is -1.21. The molecule has 0 aromatic heterocycles. The summed E-state index contributed by atoms with van der Waals surface area (Å²) in [7, 11) is 0. The molecule has 376 valence electrons. The van der Waals surface area contributed by atoms with Gasteiger partial charge in [0, 0.05) is 6.42 Å². The van der Waals surface area contributed by atoms with Crippen LogP contribution in [0, 0.1) is 0 Å². The van der Waals surface area contributed by atoms with E-state index >= 15 is 0 Å². The monoisotopic (exact) mass is 910 g/mol. The minimum atomic E-state index is -1.61. The molecule has 1 fully saturated rings. The average Bonchev–Trinajstić information content (AvgIpc) is 3.29. The molecule has 8 atom stereocenters. The third-order valence-corrected chi connectivity index (χ3v) is 12.6. The maximum Gasteiger partial charge on any atom is 0.306 e. The van der Waals surface area contributed by atoms with Gasteiger partial charge in [-0.2, -0.15) is 0 Å². The zero-order valence-electron chi connectivity index (χ0n) is 41.2. The highest BCUT2D eigenvalue weighted by Crippen LogP contribution is 2.26.